The number of amides is 1. The van der Waals surface area contributed by atoms with Crippen LogP contribution < -0.4 is 0 Å². The van der Waals surface area contributed by atoms with Crippen molar-refractivity contribution in [3.05, 3.63) is 0 Å². The summed E-state index contributed by atoms with van der Waals surface area (Å²) < 4.78 is 10.4. The largest absolute Gasteiger partial charge is 0.464 e. The fourth-order valence-corrected chi connectivity index (χ4v) is 1.88. The maximum Gasteiger partial charge on any atom is 0.411 e. The van der Waals surface area contributed by atoms with Crippen LogP contribution >= 0.6 is 11.6 Å². The molecule has 0 aliphatic carbocycles. The SMILES string of the molecule is CCC[C@@H](C(=O)OCC)N(CCCl)C(=O)OC(C)(C)C. The molecule has 6 heteroatoms. The number of halogens is 1. The summed E-state index contributed by atoms with van der Waals surface area (Å²) in [7, 11) is 0. The van der Waals surface area contributed by atoms with Gasteiger partial charge in [-0.1, -0.05) is 13.3 Å². The van der Waals surface area contributed by atoms with Crippen LogP contribution in [0.1, 0.15) is 47.5 Å². The molecular formula is C14H26ClNO4. The average molecular weight is 308 g/mol. The molecule has 0 radical (unpaired) electrons. The van der Waals surface area contributed by atoms with Gasteiger partial charge in [-0.2, -0.15) is 0 Å². The third-order valence-corrected chi connectivity index (χ3v) is 2.62. The van der Waals surface area contributed by atoms with Gasteiger partial charge in [0.1, 0.15) is 11.6 Å². The summed E-state index contributed by atoms with van der Waals surface area (Å²) in [6.07, 6.45) is 0.740. The summed E-state index contributed by atoms with van der Waals surface area (Å²) in [5.41, 5.74) is -0.618. The number of esters is 1. The maximum atomic E-state index is 12.2. The number of ether oxygens (including phenoxy) is 2. The summed E-state index contributed by atoms with van der Waals surface area (Å²) in [6, 6.07) is -0.645. The van der Waals surface area contributed by atoms with E-state index in [2.05, 4.69) is 0 Å². The lowest BCUT2D eigenvalue weighted by Gasteiger charge is -2.31. The molecule has 0 spiro atoms. The van der Waals surface area contributed by atoms with Crippen LogP contribution in [0.15, 0.2) is 0 Å². The fraction of sp³-hybridized carbons (Fsp3) is 0.857. The predicted molar refractivity (Wildman–Crippen MR) is 79.0 cm³/mol. The number of hydrogen-bond acceptors (Lipinski definition) is 4. The van der Waals surface area contributed by atoms with Gasteiger partial charge in [0.2, 0.25) is 0 Å². The Labute approximate surface area is 126 Å². The molecule has 0 saturated heterocycles. The molecule has 0 aromatic carbocycles. The van der Waals surface area contributed by atoms with Crippen molar-refractivity contribution in [2.24, 2.45) is 0 Å². The summed E-state index contributed by atoms with van der Waals surface area (Å²) in [5.74, 6) is -0.177. The molecule has 0 bridgehead atoms. The van der Waals surface area contributed by atoms with Crippen LogP contribution in [-0.2, 0) is 14.3 Å². The van der Waals surface area contributed by atoms with Gasteiger partial charge in [0.15, 0.2) is 0 Å². The van der Waals surface area contributed by atoms with E-state index in [-0.39, 0.29) is 19.0 Å². The van der Waals surface area contributed by atoms with E-state index < -0.39 is 23.7 Å². The van der Waals surface area contributed by atoms with E-state index in [0.29, 0.717) is 6.42 Å². The number of carbonyl (C=O) groups excluding carboxylic acids is 2. The topological polar surface area (TPSA) is 55.8 Å². The van der Waals surface area contributed by atoms with Crippen molar-refractivity contribution >= 4 is 23.7 Å². The van der Waals surface area contributed by atoms with Crippen molar-refractivity contribution in [2.75, 3.05) is 19.0 Å². The van der Waals surface area contributed by atoms with E-state index in [9.17, 15) is 9.59 Å². The van der Waals surface area contributed by atoms with Gasteiger partial charge in [0.25, 0.3) is 0 Å². The summed E-state index contributed by atoms with van der Waals surface area (Å²) >= 11 is 5.74. The first-order valence-electron chi connectivity index (χ1n) is 6.99. The van der Waals surface area contributed by atoms with Crippen LogP contribution in [0, 0.1) is 0 Å². The smallest absolute Gasteiger partial charge is 0.411 e. The van der Waals surface area contributed by atoms with Crippen LogP contribution in [-0.4, -0.2) is 47.6 Å². The monoisotopic (exact) mass is 307 g/mol. The van der Waals surface area contributed by atoms with Crippen molar-refractivity contribution in [3.8, 4) is 0 Å². The number of hydrogen-bond donors (Lipinski definition) is 0. The molecule has 1 amide bonds. The van der Waals surface area contributed by atoms with Gasteiger partial charge >= 0.3 is 12.1 Å². The lowest BCUT2D eigenvalue weighted by molar-refractivity contribution is -0.149. The van der Waals surface area contributed by atoms with Gasteiger partial charge in [-0.15, -0.1) is 11.6 Å². The first kappa shape index (κ1) is 19.0. The standard InChI is InChI=1S/C14H26ClNO4/c1-6-8-11(12(17)19-7-2)16(10-9-15)13(18)20-14(3,4)5/h11H,6-10H2,1-5H3/t11-/m0/s1. The molecule has 1 atom stereocenters. The summed E-state index contributed by atoms with van der Waals surface area (Å²) in [4.78, 5) is 25.6. The molecule has 5 nitrogen and oxygen atoms in total. The quantitative estimate of drug-likeness (QED) is 0.535. The number of nitrogens with zero attached hydrogens (tertiary/aromatic N) is 1. The lowest BCUT2D eigenvalue weighted by Crippen LogP contribution is -2.48. The summed E-state index contributed by atoms with van der Waals surface area (Å²) in [5, 5.41) is 0. The highest BCUT2D eigenvalue weighted by Crippen LogP contribution is 2.16. The highest BCUT2D eigenvalue weighted by atomic mass is 35.5. The van der Waals surface area contributed by atoms with Gasteiger partial charge < -0.3 is 9.47 Å². The molecule has 118 valence electrons. The Hall–Kier alpha value is -0.970. The molecule has 0 aromatic rings. The zero-order valence-corrected chi connectivity index (χ0v) is 13.8. The Morgan fingerprint density at radius 2 is 1.85 bits per heavy atom. The second kappa shape index (κ2) is 9.06. The molecular weight excluding hydrogens is 282 g/mol. The van der Waals surface area contributed by atoms with Crippen LogP contribution in [0.25, 0.3) is 0 Å². The van der Waals surface area contributed by atoms with E-state index in [1.165, 1.54) is 4.90 Å². The van der Waals surface area contributed by atoms with Crippen molar-refractivity contribution in [1.82, 2.24) is 4.90 Å². The maximum absolute atomic E-state index is 12.2. The van der Waals surface area contributed by atoms with Gasteiger partial charge in [-0.25, -0.2) is 9.59 Å². The van der Waals surface area contributed by atoms with E-state index in [0.717, 1.165) is 6.42 Å². The summed E-state index contributed by atoms with van der Waals surface area (Å²) in [6.45, 7) is 9.55. The Balaban J connectivity index is 5.05. The highest BCUT2D eigenvalue weighted by molar-refractivity contribution is 6.18. The predicted octanol–water partition coefficient (Wildman–Crippen LogP) is 3.19. The van der Waals surface area contributed by atoms with E-state index in [4.69, 9.17) is 21.1 Å². The second-order valence-corrected chi connectivity index (χ2v) is 5.80. The van der Waals surface area contributed by atoms with Crippen LogP contribution in [0.2, 0.25) is 0 Å². The molecule has 0 fully saturated rings. The number of alkyl halides is 1. The Bertz CT molecular complexity index is 315. The molecule has 0 rings (SSSR count). The molecule has 0 N–H and O–H groups in total. The molecule has 20 heavy (non-hydrogen) atoms. The van der Waals surface area contributed by atoms with Crippen molar-refractivity contribution in [1.29, 1.82) is 0 Å². The Morgan fingerprint density at radius 3 is 2.25 bits per heavy atom. The highest BCUT2D eigenvalue weighted by Gasteiger charge is 2.32. The lowest BCUT2D eigenvalue weighted by atomic mass is 10.1. The Morgan fingerprint density at radius 1 is 1.25 bits per heavy atom. The fourth-order valence-electron chi connectivity index (χ4n) is 1.70. The van der Waals surface area contributed by atoms with Gasteiger partial charge in [0.05, 0.1) is 6.61 Å². The van der Waals surface area contributed by atoms with Crippen LogP contribution in [0.5, 0.6) is 0 Å². The van der Waals surface area contributed by atoms with Crippen molar-refractivity contribution in [2.45, 2.75) is 59.1 Å². The molecule has 0 saturated carbocycles. The third-order valence-electron chi connectivity index (χ3n) is 2.45. The van der Waals surface area contributed by atoms with Gasteiger partial charge in [-0.05, 0) is 34.1 Å². The zero-order valence-electron chi connectivity index (χ0n) is 13.1. The molecule has 0 heterocycles. The number of carbonyl (C=O) groups is 2. The molecule has 0 aromatic heterocycles. The van der Waals surface area contributed by atoms with E-state index in [1.54, 1.807) is 27.7 Å². The van der Waals surface area contributed by atoms with E-state index in [1.807, 2.05) is 6.92 Å². The average Bonchev–Trinajstić information content (AvgIpc) is 2.31. The molecule has 0 aliphatic heterocycles. The normalized spacial score (nSPS) is 12.7. The molecule has 0 unspecified atom stereocenters. The van der Waals surface area contributed by atoms with E-state index >= 15 is 0 Å². The van der Waals surface area contributed by atoms with Crippen LogP contribution in [0.4, 0.5) is 4.79 Å². The minimum atomic E-state index is -0.645. The zero-order chi connectivity index (χ0) is 15.8. The molecule has 0 aliphatic rings. The Kier molecular flexibility index (Phi) is 8.62. The van der Waals surface area contributed by atoms with Crippen molar-refractivity contribution in [3.63, 3.8) is 0 Å². The van der Waals surface area contributed by atoms with Crippen LogP contribution in [0.3, 0.4) is 0 Å². The number of rotatable bonds is 7. The van der Waals surface area contributed by atoms with Gasteiger partial charge in [-0.3, -0.25) is 4.90 Å². The second-order valence-electron chi connectivity index (χ2n) is 5.42. The first-order chi connectivity index (χ1) is 9.26. The third kappa shape index (κ3) is 6.98. The van der Waals surface area contributed by atoms with Crippen molar-refractivity contribution < 1.29 is 19.1 Å². The first-order valence-corrected chi connectivity index (χ1v) is 7.52. The van der Waals surface area contributed by atoms with Gasteiger partial charge in [0, 0.05) is 12.4 Å². The minimum Gasteiger partial charge on any atom is -0.464 e. The minimum absolute atomic E-state index is 0.235.